The number of rotatable bonds is 16. The Kier molecular flexibility index (Phi) is 12.4. The normalized spacial score (nSPS) is 19.6. The summed E-state index contributed by atoms with van der Waals surface area (Å²) in [6.07, 6.45) is 8.97. The van der Waals surface area contributed by atoms with E-state index in [1.807, 2.05) is 0 Å². The van der Waals surface area contributed by atoms with Gasteiger partial charge in [0.15, 0.2) is 0 Å². The number of hydrogen-bond donors (Lipinski definition) is 1. The second-order valence-electron chi connectivity index (χ2n) is 8.64. The fraction of sp³-hybridized carbons (Fsp3) is 0.783. The third-order valence-corrected chi connectivity index (χ3v) is 5.83. The number of aromatic amines is 1. The molecule has 1 aromatic heterocycles. The molecule has 1 aromatic rings. The van der Waals surface area contributed by atoms with Gasteiger partial charge in [-0.25, -0.2) is 4.79 Å². The molecule has 0 bridgehead atoms. The number of aromatic nitrogens is 2. The Labute approximate surface area is 199 Å². The van der Waals surface area contributed by atoms with Crippen molar-refractivity contribution >= 4 is 5.97 Å². The summed E-state index contributed by atoms with van der Waals surface area (Å²) in [7, 11) is 0. The molecular weight excluding hydrogens is 442 g/mol. The molecule has 0 radical (unpaired) electrons. The molecule has 0 aliphatic carbocycles. The molecule has 190 valence electrons. The van der Waals surface area contributed by atoms with Gasteiger partial charge in [-0.1, -0.05) is 44.1 Å². The lowest BCUT2D eigenvalue weighted by Gasteiger charge is -2.17. The fourth-order valence-electron chi connectivity index (χ4n) is 3.83. The highest BCUT2D eigenvalue weighted by molar-refractivity contribution is 5.69. The molecule has 2 heterocycles. The van der Waals surface area contributed by atoms with Crippen LogP contribution in [0.2, 0.25) is 0 Å². The van der Waals surface area contributed by atoms with E-state index in [-0.39, 0.29) is 19.0 Å². The van der Waals surface area contributed by atoms with E-state index in [4.69, 9.17) is 19.7 Å². The highest BCUT2D eigenvalue weighted by Gasteiger charge is 2.37. The summed E-state index contributed by atoms with van der Waals surface area (Å²) in [5.41, 5.74) is 8.14. The number of unbranched alkanes of at least 4 members (excludes halogenated alkanes) is 6. The smallest absolute Gasteiger partial charge is 0.330 e. The van der Waals surface area contributed by atoms with Crippen molar-refractivity contribution in [3.63, 3.8) is 0 Å². The Morgan fingerprint density at radius 3 is 2.65 bits per heavy atom. The Balaban J connectivity index is 1.67. The molecule has 0 saturated carbocycles. The zero-order chi connectivity index (χ0) is 24.8. The van der Waals surface area contributed by atoms with E-state index in [1.165, 1.54) is 23.6 Å². The molecule has 1 aliphatic heterocycles. The van der Waals surface area contributed by atoms with Crippen molar-refractivity contribution < 1.29 is 19.0 Å². The molecule has 1 fully saturated rings. The monoisotopic (exact) mass is 479 g/mol. The van der Waals surface area contributed by atoms with Gasteiger partial charge in [0, 0.05) is 42.7 Å². The van der Waals surface area contributed by atoms with Gasteiger partial charge in [-0.15, -0.1) is 0 Å². The first-order valence-electron chi connectivity index (χ1n) is 12.2. The fourth-order valence-corrected chi connectivity index (χ4v) is 3.83. The highest BCUT2D eigenvalue weighted by atomic mass is 16.6. The largest absolute Gasteiger partial charge is 0.463 e. The van der Waals surface area contributed by atoms with Crippen LogP contribution in [0.1, 0.15) is 82.9 Å². The summed E-state index contributed by atoms with van der Waals surface area (Å²) < 4.78 is 18.0. The molecule has 11 heteroatoms. The maximum absolute atomic E-state index is 12.1. The van der Waals surface area contributed by atoms with Gasteiger partial charge in [-0.3, -0.25) is 19.1 Å². The van der Waals surface area contributed by atoms with Crippen LogP contribution < -0.4 is 11.2 Å². The average Bonchev–Trinajstić information content (AvgIpc) is 3.21. The van der Waals surface area contributed by atoms with Crippen molar-refractivity contribution in [2.75, 3.05) is 19.8 Å². The van der Waals surface area contributed by atoms with Gasteiger partial charge in [0.25, 0.3) is 5.56 Å². The molecule has 0 amide bonds. The molecule has 34 heavy (non-hydrogen) atoms. The molecule has 3 unspecified atom stereocenters. The molecule has 0 aromatic carbocycles. The maximum atomic E-state index is 12.1. The number of esters is 1. The van der Waals surface area contributed by atoms with Crippen LogP contribution in [-0.4, -0.2) is 47.5 Å². The van der Waals surface area contributed by atoms with Gasteiger partial charge in [0.05, 0.1) is 6.04 Å². The minimum absolute atomic E-state index is 0.0640. The van der Waals surface area contributed by atoms with Gasteiger partial charge in [0.2, 0.25) is 0 Å². The van der Waals surface area contributed by atoms with E-state index in [0.29, 0.717) is 12.0 Å². The Hall–Kier alpha value is -2.62. The number of azide groups is 1. The highest BCUT2D eigenvalue weighted by Crippen LogP contribution is 2.30. The van der Waals surface area contributed by atoms with Crippen LogP contribution >= 0.6 is 0 Å². The number of nitrogens with one attached hydrogen (secondary N) is 1. The van der Waals surface area contributed by atoms with Crippen LogP contribution in [0.5, 0.6) is 0 Å². The van der Waals surface area contributed by atoms with Crippen LogP contribution in [0, 0.1) is 6.92 Å². The summed E-state index contributed by atoms with van der Waals surface area (Å²) >= 11 is 0. The van der Waals surface area contributed by atoms with E-state index in [2.05, 4.69) is 21.9 Å². The number of carbonyl (C=O) groups excluding carboxylic acids is 1. The van der Waals surface area contributed by atoms with Crippen molar-refractivity contribution in [2.24, 2.45) is 5.11 Å². The van der Waals surface area contributed by atoms with Crippen molar-refractivity contribution in [1.82, 2.24) is 9.55 Å². The number of carbonyl (C=O) groups is 1. The Morgan fingerprint density at radius 1 is 1.21 bits per heavy atom. The summed E-state index contributed by atoms with van der Waals surface area (Å²) in [4.78, 5) is 40.9. The molecule has 1 N–H and O–H groups in total. The van der Waals surface area contributed by atoms with Crippen molar-refractivity contribution in [1.29, 1.82) is 0 Å². The summed E-state index contributed by atoms with van der Waals surface area (Å²) in [5.74, 6) is -0.331. The molecule has 11 nitrogen and oxygen atoms in total. The summed E-state index contributed by atoms with van der Waals surface area (Å²) in [5, 5.41) is 3.73. The maximum Gasteiger partial charge on any atom is 0.330 e. The Bertz CT molecular complexity index is 923. The standard InChI is InChI=1S/C23H37N5O6/c1-3-4-9-12-32-13-10-7-5-6-8-11-21(29)33-16-19-18(26-27-24)14-20(34-19)28-15-17(2)22(30)25-23(28)31/h15,18-20H,3-14,16H2,1-2H3,(H,25,30,31). The zero-order valence-corrected chi connectivity index (χ0v) is 20.2. The van der Waals surface area contributed by atoms with E-state index in [0.717, 1.165) is 51.7 Å². The zero-order valence-electron chi connectivity index (χ0n) is 20.2. The van der Waals surface area contributed by atoms with Crippen LogP contribution in [0.4, 0.5) is 0 Å². The second kappa shape index (κ2) is 15.3. The molecule has 2 rings (SSSR count). The van der Waals surface area contributed by atoms with Crippen molar-refractivity contribution in [3.05, 3.63) is 43.0 Å². The quantitative estimate of drug-likeness (QED) is 0.125. The number of H-pyrrole nitrogens is 1. The van der Waals surface area contributed by atoms with Crippen molar-refractivity contribution in [2.45, 2.75) is 96.4 Å². The lowest BCUT2D eigenvalue weighted by molar-refractivity contribution is -0.148. The van der Waals surface area contributed by atoms with Crippen molar-refractivity contribution in [3.8, 4) is 0 Å². The number of nitrogens with zero attached hydrogens (tertiary/aromatic N) is 4. The third-order valence-electron chi connectivity index (χ3n) is 5.83. The molecule has 3 atom stereocenters. The summed E-state index contributed by atoms with van der Waals surface area (Å²) in [6.45, 7) is 5.33. The first-order chi connectivity index (χ1) is 16.5. The SMILES string of the molecule is CCCCCOCCCCCCCC(=O)OCC1OC(n2cc(C)c(=O)[nH]c2=O)CC1N=[N+]=[N-]. The predicted octanol–water partition coefficient (Wildman–Crippen LogP) is 3.90. The molecule has 1 aliphatic rings. The van der Waals surface area contributed by atoms with Gasteiger partial charge >= 0.3 is 11.7 Å². The third kappa shape index (κ3) is 9.32. The van der Waals surface area contributed by atoms with E-state index in [1.54, 1.807) is 6.92 Å². The van der Waals surface area contributed by atoms with E-state index < -0.39 is 29.6 Å². The Morgan fingerprint density at radius 2 is 1.91 bits per heavy atom. The minimum atomic E-state index is -0.724. The molecular formula is C23H37N5O6. The van der Waals surface area contributed by atoms with E-state index in [9.17, 15) is 14.4 Å². The predicted molar refractivity (Wildman–Crippen MR) is 127 cm³/mol. The lowest BCUT2D eigenvalue weighted by Crippen LogP contribution is -2.33. The van der Waals surface area contributed by atoms with Crippen LogP contribution in [-0.2, 0) is 19.0 Å². The summed E-state index contributed by atoms with van der Waals surface area (Å²) in [6, 6.07) is -0.592. The number of hydrogen-bond acceptors (Lipinski definition) is 7. The number of ether oxygens (including phenoxy) is 3. The topological polar surface area (TPSA) is 148 Å². The van der Waals surface area contributed by atoms with Crippen LogP contribution in [0.25, 0.3) is 10.4 Å². The first-order valence-corrected chi connectivity index (χ1v) is 12.2. The number of aryl methyl sites for hydroxylation is 1. The van der Waals surface area contributed by atoms with Gasteiger partial charge in [0.1, 0.15) is 18.9 Å². The van der Waals surface area contributed by atoms with Gasteiger partial charge < -0.3 is 14.2 Å². The van der Waals surface area contributed by atoms with Gasteiger partial charge in [-0.2, -0.15) is 0 Å². The first kappa shape index (κ1) is 27.6. The average molecular weight is 480 g/mol. The molecule has 0 spiro atoms. The van der Waals surface area contributed by atoms with Crippen LogP contribution in [0.3, 0.4) is 0 Å². The molecule has 1 saturated heterocycles. The minimum Gasteiger partial charge on any atom is -0.463 e. The van der Waals surface area contributed by atoms with Gasteiger partial charge in [-0.05, 0) is 31.7 Å². The lowest BCUT2D eigenvalue weighted by atomic mass is 10.1. The van der Waals surface area contributed by atoms with E-state index >= 15 is 0 Å². The van der Waals surface area contributed by atoms with Crippen LogP contribution in [0.15, 0.2) is 20.9 Å². The second-order valence-corrected chi connectivity index (χ2v) is 8.64.